The predicted molar refractivity (Wildman–Crippen MR) is 70.0 cm³/mol. The molecular weight excluding hydrogens is 246 g/mol. The van der Waals surface area contributed by atoms with E-state index in [4.69, 9.17) is 0 Å². The van der Waals surface area contributed by atoms with Gasteiger partial charge in [0.1, 0.15) is 5.54 Å². The summed E-state index contributed by atoms with van der Waals surface area (Å²) in [6.07, 6.45) is 4.38. The van der Waals surface area contributed by atoms with E-state index in [1.807, 2.05) is 0 Å². The minimum Gasteiger partial charge on any atom is -0.480 e. The van der Waals surface area contributed by atoms with Crippen molar-refractivity contribution in [1.29, 1.82) is 0 Å². The van der Waals surface area contributed by atoms with Crippen LogP contribution in [0.3, 0.4) is 0 Å². The van der Waals surface area contributed by atoms with Crippen LogP contribution in [0.1, 0.15) is 19.8 Å². The molecule has 2 amide bonds. The van der Waals surface area contributed by atoms with Crippen LogP contribution in [0.15, 0.2) is 24.5 Å². The molecule has 1 N–H and O–H groups in total. The van der Waals surface area contributed by atoms with Crippen molar-refractivity contribution >= 4 is 17.7 Å². The fourth-order valence-corrected chi connectivity index (χ4v) is 2.34. The number of hydrogen-bond acceptors (Lipinski definition) is 3. The predicted octanol–water partition coefficient (Wildman–Crippen LogP) is 1.58. The zero-order chi connectivity index (χ0) is 14.0. The molecule has 6 heteroatoms. The Balaban J connectivity index is 2.22. The van der Waals surface area contributed by atoms with Gasteiger partial charge in [0.05, 0.1) is 11.9 Å². The van der Waals surface area contributed by atoms with Crippen LogP contribution >= 0.6 is 0 Å². The van der Waals surface area contributed by atoms with Gasteiger partial charge in [-0.2, -0.15) is 0 Å². The summed E-state index contributed by atoms with van der Waals surface area (Å²) in [6.45, 7) is 2.06. The number of carbonyl (C=O) groups is 2. The van der Waals surface area contributed by atoms with Crippen LogP contribution in [0.5, 0.6) is 0 Å². The smallest absolute Gasteiger partial charge is 0.329 e. The maximum atomic E-state index is 12.4. The molecule has 1 aromatic rings. The standard InChI is InChI=1S/C13H17N3O3/c1-13(11(17)18)6-4-8-16(13)12(19)15(2)10-5-3-7-14-9-10/h3,5,7,9H,4,6,8H2,1-2H3,(H,17,18). The van der Waals surface area contributed by atoms with Crippen LogP contribution < -0.4 is 4.90 Å². The molecule has 6 nitrogen and oxygen atoms in total. The third-order valence-corrected chi connectivity index (χ3v) is 3.65. The number of carbonyl (C=O) groups excluding carboxylic acids is 1. The van der Waals surface area contributed by atoms with Crippen LogP contribution in [0.4, 0.5) is 10.5 Å². The minimum absolute atomic E-state index is 0.310. The normalized spacial score (nSPS) is 22.3. The molecule has 1 atom stereocenters. The van der Waals surface area contributed by atoms with E-state index in [0.29, 0.717) is 25.1 Å². The number of carboxylic acids is 1. The number of aromatic nitrogens is 1. The molecule has 19 heavy (non-hydrogen) atoms. The number of likely N-dealkylation sites (tertiary alicyclic amines) is 1. The van der Waals surface area contributed by atoms with Crippen molar-refractivity contribution in [2.75, 3.05) is 18.5 Å². The third-order valence-electron chi connectivity index (χ3n) is 3.65. The third kappa shape index (κ3) is 2.25. The molecule has 0 saturated carbocycles. The molecule has 0 radical (unpaired) electrons. The van der Waals surface area contributed by atoms with Gasteiger partial charge in [-0.25, -0.2) is 9.59 Å². The van der Waals surface area contributed by atoms with Gasteiger partial charge in [0.25, 0.3) is 0 Å². The summed E-state index contributed by atoms with van der Waals surface area (Å²) in [6, 6.07) is 3.19. The van der Waals surface area contributed by atoms with Crippen molar-refractivity contribution in [3.8, 4) is 0 Å². The molecule has 1 aliphatic heterocycles. The number of aliphatic carboxylic acids is 1. The monoisotopic (exact) mass is 263 g/mol. The highest BCUT2D eigenvalue weighted by Gasteiger charge is 2.46. The van der Waals surface area contributed by atoms with E-state index in [-0.39, 0.29) is 6.03 Å². The van der Waals surface area contributed by atoms with Gasteiger partial charge in [0.2, 0.25) is 0 Å². The second kappa shape index (κ2) is 4.87. The minimum atomic E-state index is -1.12. The molecule has 0 bridgehead atoms. The summed E-state index contributed by atoms with van der Waals surface area (Å²) in [4.78, 5) is 30.6. The number of rotatable bonds is 2. The molecule has 1 saturated heterocycles. The topological polar surface area (TPSA) is 73.7 Å². The van der Waals surface area contributed by atoms with Crippen LogP contribution in [0.25, 0.3) is 0 Å². The van der Waals surface area contributed by atoms with Crippen molar-refractivity contribution in [3.63, 3.8) is 0 Å². The number of anilines is 1. The first kappa shape index (κ1) is 13.3. The van der Waals surface area contributed by atoms with Gasteiger partial charge in [-0.1, -0.05) is 0 Å². The first-order valence-corrected chi connectivity index (χ1v) is 6.15. The van der Waals surface area contributed by atoms with Crippen molar-refractivity contribution in [3.05, 3.63) is 24.5 Å². The summed E-state index contributed by atoms with van der Waals surface area (Å²) in [7, 11) is 1.62. The summed E-state index contributed by atoms with van der Waals surface area (Å²) >= 11 is 0. The van der Waals surface area contributed by atoms with Gasteiger partial charge in [0.15, 0.2) is 0 Å². The Morgan fingerprint density at radius 3 is 2.84 bits per heavy atom. The molecule has 1 aromatic heterocycles. The van der Waals surface area contributed by atoms with Crippen LogP contribution in [0, 0.1) is 0 Å². The molecule has 1 aliphatic rings. The summed E-state index contributed by atoms with van der Waals surface area (Å²) < 4.78 is 0. The second-order valence-electron chi connectivity index (χ2n) is 4.89. The number of pyridine rings is 1. The highest BCUT2D eigenvalue weighted by Crippen LogP contribution is 2.30. The highest BCUT2D eigenvalue weighted by atomic mass is 16.4. The molecular formula is C13H17N3O3. The number of amides is 2. The Hall–Kier alpha value is -2.11. The second-order valence-corrected chi connectivity index (χ2v) is 4.89. The lowest BCUT2D eigenvalue weighted by Gasteiger charge is -2.34. The van der Waals surface area contributed by atoms with Gasteiger partial charge in [-0.05, 0) is 31.9 Å². The fraction of sp³-hybridized carbons (Fsp3) is 0.462. The maximum Gasteiger partial charge on any atom is 0.329 e. The molecule has 2 rings (SSSR count). The van der Waals surface area contributed by atoms with Crippen molar-refractivity contribution < 1.29 is 14.7 Å². The zero-order valence-electron chi connectivity index (χ0n) is 11.0. The number of hydrogen-bond donors (Lipinski definition) is 1. The average Bonchev–Trinajstić information content (AvgIpc) is 2.81. The number of urea groups is 1. The SMILES string of the molecule is CN(C(=O)N1CCCC1(C)C(=O)O)c1cccnc1. The Morgan fingerprint density at radius 2 is 2.26 bits per heavy atom. The van der Waals surface area contributed by atoms with Gasteiger partial charge in [-0.3, -0.25) is 9.88 Å². The van der Waals surface area contributed by atoms with Crippen molar-refractivity contribution in [2.24, 2.45) is 0 Å². The molecule has 0 aromatic carbocycles. The number of carboxylic acid groups (broad SMARTS) is 1. The summed E-state index contributed by atoms with van der Waals surface area (Å²) in [5.74, 6) is -0.960. The first-order chi connectivity index (χ1) is 8.97. The molecule has 1 unspecified atom stereocenters. The lowest BCUT2D eigenvalue weighted by molar-refractivity contribution is -0.147. The Bertz CT molecular complexity index is 491. The Morgan fingerprint density at radius 1 is 1.53 bits per heavy atom. The van der Waals surface area contributed by atoms with Gasteiger partial charge in [0, 0.05) is 19.8 Å². The quantitative estimate of drug-likeness (QED) is 0.879. The van der Waals surface area contributed by atoms with Crippen LogP contribution in [0.2, 0.25) is 0 Å². The van der Waals surface area contributed by atoms with Gasteiger partial charge >= 0.3 is 12.0 Å². The largest absolute Gasteiger partial charge is 0.480 e. The van der Waals surface area contributed by atoms with E-state index in [2.05, 4.69) is 4.98 Å². The number of nitrogens with zero attached hydrogens (tertiary/aromatic N) is 3. The molecule has 0 spiro atoms. The molecule has 102 valence electrons. The summed E-state index contributed by atoms with van der Waals surface area (Å²) in [5, 5.41) is 9.32. The first-order valence-electron chi connectivity index (χ1n) is 6.15. The van der Waals surface area contributed by atoms with Gasteiger partial charge < -0.3 is 10.0 Å². The van der Waals surface area contributed by atoms with E-state index < -0.39 is 11.5 Å². The Labute approximate surface area is 111 Å². The maximum absolute atomic E-state index is 12.4. The summed E-state index contributed by atoms with van der Waals surface area (Å²) in [5.41, 5.74) is -0.472. The molecule has 2 heterocycles. The van der Waals surface area contributed by atoms with E-state index in [9.17, 15) is 14.7 Å². The van der Waals surface area contributed by atoms with Gasteiger partial charge in [-0.15, -0.1) is 0 Å². The Kier molecular flexibility index (Phi) is 3.42. The molecule has 0 aliphatic carbocycles. The van der Waals surface area contributed by atoms with E-state index in [1.54, 1.807) is 38.5 Å². The molecule has 1 fully saturated rings. The van der Waals surface area contributed by atoms with Crippen molar-refractivity contribution in [1.82, 2.24) is 9.88 Å². The van der Waals surface area contributed by atoms with Crippen molar-refractivity contribution in [2.45, 2.75) is 25.3 Å². The highest BCUT2D eigenvalue weighted by molar-refractivity contribution is 5.95. The lowest BCUT2D eigenvalue weighted by atomic mass is 10.00. The van der Waals surface area contributed by atoms with Crippen LogP contribution in [-0.2, 0) is 4.79 Å². The van der Waals surface area contributed by atoms with E-state index in [1.165, 1.54) is 9.80 Å². The fourth-order valence-electron chi connectivity index (χ4n) is 2.34. The average molecular weight is 263 g/mol. The zero-order valence-corrected chi connectivity index (χ0v) is 11.0. The van der Waals surface area contributed by atoms with Crippen LogP contribution in [-0.4, -0.2) is 46.1 Å². The van der Waals surface area contributed by atoms with E-state index in [0.717, 1.165) is 0 Å². The lowest BCUT2D eigenvalue weighted by Crippen LogP contribution is -2.54. The van der Waals surface area contributed by atoms with E-state index >= 15 is 0 Å².